The molecule has 1 aromatic heterocycles. The third-order valence-corrected chi connectivity index (χ3v) is 4.33. The normalized spacial score (nSPS) is 12.3. The number of aliphatic carboxylic acids is 1. The first-order valence-electron chi connectivity index (χ1n) is 5.93. The van der Waals surface area contributed by atoms with E-state index >= 15 is 0 Å². The Balaban J connectivity index is 2.24. The van der Waals surface area contributed by atoms with E-state index in [1.807, 2.05) is 18.2 Å². The van der Waals surface area contributed by atoms with Crippen LogP contribution in [0.3, 0.4) is 0 Å². The number of tetrazole rings is 1. The van der Waals surface area contributed by atoms with E-state index < -0.39 is 11.9 Å². The van der Waals surface area contributed by atoms with Gasteiger partial charge in [0, 0.05) is 20.2 Å². The zero-order chi connectivity index (χ0) is 14.7. The number of aromatic nitrogens is 4. The van der Waals surface area contributed by atoms with E-state index in [9.17, 15) is 4.79 Å². The van der Waals surface area contributed by atoms with E-state index in [2.05, 4.69) is 54.0 Å². The van der Waals surface area contributed by atoms with Crippen LogP contribution in [-0.2, 0) is 11.3 Å². The second-order valence-electron chi connectivity index (χ2n) is 4.38. The minimum Gasteiger partial charge on any atom is -0.481 e. The molecule has 106 valence electrons. The van der Waals surface area contributed by atoms with Gasteiger partial charge in [-0.15, -0.1) is 5.10 Å². The number of carbonyl (C=O) groups is 1. The summed E-state index contributed by atoms with van der Waals surface area (Å²) in [6, 6.07) is 5.87. The van der Waals surface area contributed by atoms with E-state index in [1.165, 1.54) is 0 Å². The zero-order valence-corrected chi connectivity index (χ0v) is 14.4. The molecule has 0 bridgehead atoms. The summed E-state index contributed by atoms with van der Waals surface area (Å²) in [5.41, 5.74) is 0.924. The highest BCUT2D eigenvalue weighted by Crippen LogP contribution is 2.26. The number of benzene rings is 1. The third-order valence-electron chi connectivity index (χ3n) is 2.90. The van der Waals surface area contributed by atoms with Crippen molar-refractivity contribution in [1.82, 2.24) is 20.2 Å². The maximum atomic E-state index is 10.8. The van der Waals surface area contributed by atoms with Gasteiger partial charge in [0.25, 0.3) is 0 Å². The van der Waals surface area contributed by atoms with E-state index in [4.69, 9.17) is 5.11 Å². The molecule has 1 unspecified atom stereocenters. The highest BCUT2D eigenvalue weighted by atomic mass is 127. The molecule has 1 aromatic carbocycles. The van der Waals surface area contributed by atoms with Crippen molar-refractivity contribution in [2.24, 2.45) is 5.92 Å². The first-order chi connectivity index (χ1) is 9.49. The molecule has 0 aliphatic heterocycles. The van der Waals surface area contributed by atoms with Gasteiger partial charge in [-0.1, -0.05) is 22.9 Å². The SMILES string of the molecule is CC(CCn1nnnc1-c1cc(Br)ccc1I)C(=O)O. The van der Waals surface area contributed by atoms with Crippen LogP contribution in [0.15, 0.2) is 22.7 Å². The van der Waals surface area contributed by atoms with Crippen molar-refractivity contribution in [1.29, 1.82) is 0 Å². The molecule has 0 radical (unpaired) electrons. The fourth-order valence-electron chi connectivity index (χ4n) is 1.66. The molecule has 0 saturated heterocycles. The lowest BCUT2D eigenvalue weighted by Crippen LogP contribution is -2.14. The molecular weight excluding hydrogens is 439 g/mol. The van der Waals surface area contributed by atoms with Crippen LogP contribution < -0.4 is 0 Å². The molecule has 1 N–H and O–H groups in total. The number of aryl methyl sites for hydroxylation is 1. The van der Waals surface area contributed by atoms with Crippen LogP contribution >= 0.6 is 38.5 Å². The zero-order valence-electron chi connectivity index (χ0n) is 10.6. The Kier molecular flexibility index (Phi) is 5.08. The fourth-order valence-corrected chi connectivity index (χ4v) is 2.59. The second-order valence-corrected chi connectivity index (χ2v) is 6.46. The lowest BCUT2D eigenvalue weighted by atomic mass is 10.1. The minimum absolute atomic E-state index is 0.423. The number of hydrogen-bond acceptors (Lipinski definition) is 4. The van der Waals surface area contributed by atoms with E-state index in [1.54, 1.807) is 11.6 Å². The van der Waals surface area contributed by atoms with Gasteiger partial charge >= 0.3 is 5.97 Å². The molecule has 0 aliphatic carbocycles. The van der Waals surface area contributed by atoms with Crippen molar-refractivity contribution in [3.05, 3.63) is 26.2 Å². The molecule has 2 aromatic rings. The van der Waals surface area contributed by atoms with Crippen molar-refractivity contribution in [3.63, 3.8) is 0 Å². The summed E-state index contributed by atoms with van der Waals surface area (Å²) in [5, 5.41) is 20.6. The van der Waals surface area contributed by atoms with E-state index in [0.717, 1.165) is 13.6 Å². The minimum atomic E-state index is -0.809. The van der Waals surface area contributed by atoms with Gasteiger partial charge in [0.1, 0.15) is 0 Å². The Labute approximate surface area is 137 Å². The van der Waals surface area contributed by atoms with Crippen molar-refractivity contribution in [3.8, 4) is 11.4 Å². The highest BCUT2D eigenvalue weighted by Gasteiger charge is 2.15. The molecular formula is C12H12BrIN4O2. The van der Waals surface area contributed by atoms with Gasteiger partial charge in [0.15, 0.2) is 5.82 Å². The van der Waals surface area contributed by atoms with Gasteiger partial charge < -0.3 is 5.11 Å². The monoisotopic (exact) mass is 450 g/mol. The molecule has 0 fully saturated rings. The van der Waals surface area contributed by atoms with Gasteiger partial charge in [-0.3, -0.25) is 4.79 Å². The maximum absolute atomic E-state index is 10.8. The van der Waals surface area contributed by atoms with Gasteiger partial charge in [0.2, 0.25) is 0 Å². The first kappa shape index (κ1) is 15.4. The second kappa shape index (κ2) is 6.61. The number of halogens is 2. The van der Waals surface area contributed by atoms with Crippen LogP contribution in [0.5, 0.6) is 0 Å². The number of hydrogen-bond donors (Lipinski definition) is 1. The topological polar surface area (TPSA) is 80.9 Å². The third kappa shape index (κ3) is 3.54. The molecule has 0 amide bonds. The lowest BCUT2D eigenvalue weighted by molar-refractivity contribution is -0.141. The molecule has 8 heteroatoms. The van der Waals surface area contributed by atoms with Gasteiger partial charge in [-0.25, -0.2) is 4.68 Å². The Morgan fingerprint density at radius 1 is 1.55 bits per heavy atom. The molecule has 1 atom stereocenters. The molecule has 0 aliphatic rings. The largest absolute Gasteiger partial charge is 0.481 e. The number of rotatable bonds is 5. The molecule has 2 rings (SSSR count). The van der Waals surface area contributed by atoms with Gasteiger partial charge in [-0.05, 0) is 57.6 Å². The van der Waals surface area contributed by atoms with Crippen molar-refractivity contribution in [2.45, 2.75) is 19.9 Å². The summed E-state index contributed by atoms with van der Waals surface area (Å²) in [5.74, 6) is -0.585. The Morgan fingerprint density at radius 3 is 3.00 bits per heavy atom. The predicted molar refractivity (Wildman–Crippen MR) is 85.1 cm³/mol. The quantitative estimate of drug-likeness (QED) is 0.708. The Bertz CT molecular complexity index is 632. The predicted octanol–water partition coefficient (Wildman–Crippen LogP) is 2.82. The van der Waals surface area contributed by atoms with Crippen LogP contribution in [0, 0.1) is 9.49 Å². The summed E-state index contributed by atoms with van der Waals surface area (Å²) >= 11 is 5.65. The summed E-state index contributed by atoms with van der Waals surface area (Å²) < 4.78 is 3.62. The fraction of sp³-hybridized carbons (Fsp3) is 0.333. The number of carboxylic acids is 1. The van der Waals surface area contributed by atoms with Crippen LogP contribution in [0.4, 0.5) is 0 Å². The average molecular weight is 451 g/mol. The molecule has 1 heterocycles. The highest BCUT2D eigenvalue weighted by molar-refractivity contribution is 14.1. The van der Waals surface area contributed by atoms with Crippen LogP contribution in [0.1, 0.15) is 13.3 Å². The summed E-state index contributed by atoms with van der Waals surface area (Å²) in [4.78, 5) is 10.8. The van der Waals surface area contributed by atoms with Crippen LogP contribution in [0.25, 0.3) is 11.4 Å². The molecule has 6 nitrogen and oxygen atoms in total. The smallest absolute Gasteiger partial charge is 0.306 e. The first-order valence-corrected chi connectivity index (χ1v) is 7.80. The van der Waals surface area contributed by atoms with Crippen molar-refractivity contribution >= 4 is 44.5 Å². The molecule has 0 saturated carbocycles. The Hall–Kier alpha value is -1.03. The maximum Gasteiger partial charge on any atom is 0.306 e. The Morgan fingerprint density at radius 2 is 2.30 bits per heavy atom. The molecule has 20 heavy (non-hydrogen) atoms. The van der Waals surface area contributed by atoms with Crippen LogP contribution in [0.2, 0.25) is 0 Å². The van der Waals surface area contributed by atoms with E-state index in [-0.39, 0.29) is 0 Å². The number of nitrogens with zero attached hydrogens (tertiary/aromatic N) is 4. The van der Waals surface area contributed by atoms with Crippen LogP contribution in [-0.4, -0.2) is 31.3 Å². The summed E-state index contributed by atoms with van der Waals surface area (Å²) in [6.45, 7) is 2.15. The standard InChI is InChI=1S/C12H12BrIN4O2/c1-7(12(19)20)4-5-18-11(15-16-17-18)9-6-8(13)2-3-10(9)14/h2-3,6-7H,4-5H2,1H3,(H,19,20). The molecule has 0 spiro atoms. The average Bonchev–Trinajstić information content (AvgIpc) is 2.86. The van der Waals surface area contributed by atoms with Gasteiger partial charge in [-0.2, -0.15) is 0 Å². The van der Waals surface area contributed by atoms with Crippen molar-refractivity contribution < 1.29 is 9.90 Å². The van der Waals surface area contributed by atoms with E-state index in [0.29, 0.717) is 18.8 Å². The van der Waals surface area contributed by atoms with Crippen molar-refractivity contribution in [2.75, 3.05) is 0 Å². The lowest BCUT2D eigenvalue weighted by Gasteiger charge is -2.08. The summed E-state index contributed by atoms with van der Waals surface area (Å²) in [6.07, 6.45) is 0.484. The summed E-state index contributed by atoms with van der Waals surface area (Å²) in [7, 11) is 0. The van der Waals surface area contributed by atoms with Gasteiger partial charge in [0.05, 0.1) is 5.92 Å². The number of carboxylic acid groups (broad SMARTS) is 1.